The molecule has 1 N–H and O–H groups in total. The Bertz CT molecular complexity index is 542. The second kappa shape index (κ2) is 6.77. The normalized spacial score (nSPS) is 16.8. The fraction of sp³-hybridized carbons (Fsp3) is 0.368. The molecule has 1 saturated heterocycles. The number of hydrogen-bond acceptors (Lipinski definition) is 2. The van der Waals surface area contributed by atoms with Crippen molar-refractivity contribution in [3.63, 3.8) is 0 Å². The molecular formula is C19H24N2. The van der Waals surface area contributed by atoms with E-state index in [0.717, 1.165) is 6.54 Å². The second-order valence-corrected chi connectivity index (χ2v) is 5.96. The van der Waals surface area contributed by atoms with Crippen molar-refractivity contribution in [1.29, 1.82) is 0 Å². The minimum Gasteiger partial charge on any atom is -0.379 e. The van der Waals surface area contributed by atoms with Crippen molar-refractivity contribution >= 4 is 5.69 Å². The van der Waals surface area contributed by atoms with E-state index in [1.165, 1.54) is 42.7 Å². The number of anilines is 1. The number of benzene rings is 2. The molecule has 0 aliphatic carbocycles. The summed E-state index contributed by atoms with van der Waals surface area (Å²) >= 11 is 0. The largest absolute Gasteiger partial charge is 0.379 e. The van der Waals surface area contributed by atoms with Crippen LogP contribution in [0.15, 0.2) is 54.6 Å². The molecule has 0 aromatic heterocycles. The Balaban J connectivity index is 1.59. The van der Waals surface area contributed by atoms with Crippen LogP contribution in [0.5, 0.6) is 0 Å². The van der Waals surface area contributed by atoms with Crippen LogP contribution in [0.2, 0.25) is 0 Å². The summed E-state index contributed by atoms with van der Waals surface area (Å²) in [7, 11) is 0. The van der Waals surface area contributed by atoms with Crippen LogP contribution in [-0.2, 0) is 6.54 Å². The third-order valence-corrected chi connectivity index (χ3v) is 4.24. The lowest BCUT2D eigenvalue weighted by Gasteiger charge is -2.17. The molecule has 2 nitrogen and oxygen atoms in total. The number of likely N-dealkylation sites (tertiary alicyclic amines) is 1. The Morgan fingerprint density at radius 3 is 2.29 bits per heavy atom. The molecule has 0 bridgehead atoms. The molecule has 0 saturated carbocycles. The van der Waals surface area contributed by atoms with Gasteiger partial charge in [-0.15, -0.1) is 0 Å². The van der Waals surface area contributed by atoms with Crippen LogP contribution in [0.3, 0.4) is 0 Å². The molecule has 0 spiro atoms. The van der Waals surface area contributed by atoms with Gasteiger partial charge in [0.15, 0.2) is 0 Å². The highest BCUT2D eigenvalue weighted by molar-refractivity contribution is 5.46. The predicted molar refractivity (Wildman–Crippen MR) is 89.4 cm³/mol. The van der Waals surface area contributed by atoms with E-state index < -0.39 is 0 Å². The van der Waals surface area contributed by atoms with Crippen molar-refractivity contribution in [1.82, 2.24) is 4.90 Å². The van der Waals surface area contributed by atoms with Crippen LogP contribution in [0.1, 0.15) is 36.9 Å². The quantitative estimate of drug-likeness (QED) is 0.870. The van der Waals surface area contributed by atoms with Gasteiger partial charge in [-0.2, -0.15) is 0 Å². The maximum Gasteiger partial charge on any atom is 0.0485 e. The van der Waals surface area contributed by atoms with Crippen LogP contribution in [0, 0.1) is 0 Å². The van der Waals surface area contributed by atoms with Crippen molar-refractivity contribution < 1.29 is 0 Å². The minimum absolute atomic E-state index is 0.329. The number of hydrogen-bond donors (Lipinski definition) is 1. The summed E-state index contributed by atoms with van der Waals surface area (Å²) in [6.07, 6.45) is 2.71. The van der Waals surface area contributed by atoms with Gasteiger partial charge in [0.2, 0.25) is 0 Å². The van der Waals surface area contributed by atoms with Gasteiger partial charge in [0.05, 0.1) is 0 Å². The van der Waals surface area contributed by atoms with Gasteiger partial charge in [-0.3, -0.25) is 4.90 Å². The van der Waals surface area contributed by atoms with Crippen molar-refractivity contribution in [2.45, 2.75) is 32.4 Å². The van der Waals surface area contributed by atoms with Gasteiger partial charge in [0, 0.05) is 18.3 Å². The highest BCUT2D eigenvalue weighted by atomic mass is 15.1. The molecule has 1 aliphatic heterocycles. The van der Waals surface area contributed by atoms with Gasteiger partial charge in [-0.25, -0.2) is 0 Å². The van der Waals surface area contributed by atoms with E-state index in [2.05, 4.69) is 71.7 Å². The van der Waals surface area contributed by atoms with E-state index in [-0.39, 0.29) is 0 Å². The Morgan fingerprint density at radius 2 is 1.62 bits per heavy atom. The minimum atomic E-state index is 0.329. The van der Waals surface area contributed by atoms with Gasteiger partial charge in [-0.05, 0) is 56.1 Å². The first-order valence-corrected chi connectivity index (χ1v) is 7.94. The molecule has 1 heterocycles. The van der Waals surface area contributed by atoms with Crippen molar-refractivity contribution in [2.75, 3.05) is 18.4 Å². The third-order valence-electron chi connectivity index (χ3n) is 4.24. The van der Waals surface area contributed by atoms with Crippen LogP contribution in [0.25, 0.3) is 0 Å². The lowest BCUT2D eigenvalue weighted by Crippen LogP contribution is -2.18. The number of nitrogens with one attached hydrogen (secondary N) is 1. The van der Waals surface area contributed by atoms with Gasteiger partial charge in [-0.1, -0.05) is 42.5 Å². The van der Waals surface area contributed by atoms with Gasteiger partial charge in [0.25, 0.3) is 0 Å². The molecule has 21 heavy (non-hydrogen) atoms. The standard InChI is InChI=1S/C19H24N2/c1-16(18-7-3-2-4-8-18)20-19-11-9-17(10-12-19)15-21-13-5-6-14-21/h2-4,7-12,16,20H,5-6,13-15H2,1H3. The lowest BCUT2D eigenvalue weighted by atomic mass is 10.1. The molecule has 2 aromatic carbocycles. The smallest absolute Gasteiger partial charge is 0.0485 e. The molecule has 0 amide bonds. The Labute approximate surface area is 127 Å². The molecule has 1 aliphatic rings. The zero-order valence-electron chi connectivity index (χ0n) is 12.8. The summed E-state index contributed by atoms with van der Waals surface area (Å²) < 4.78 is 0. The van der Waals surface area contributed by atoms with Crippen molar-refractivity contribution in [3.8, 4) is 0 Å². The summed E-state index contributed by atoms with van der Waals surface area (Å²) in [5, 5.41) is 3.57. The SMILES string of the molecule is CC(Nc1ccc(CN2CCCC2)cc1)c1ccccc1. The topological polar surface area (TPSA) is 15.3 Å². The van der Waals surface area contributed by atoms with Crippen LogP contribution >= 0.6 is 0 Å². The predicted octanol–water partition coefficient (Wildman–Crippen LogP) is 4.46. The van der Waals surface area contributed by atoms with Crippen LogP contribution < -0.4 is 5.32 Å². The first-order valence-electron chi connectivity index (χ1n) is 7.94. The molecular weight excluding hydrogens is 256 g/mol. The molecule has 2 heteroatoms. The molecule has 110 valence electrons. The summed E-state index contributed by atoms with van der Waals surface area (Å²) in [4.78, 5) is 2.54. The van der Waals surface area contributed by atoms with E-state index in [1.807, 2.05) is 0 Å². The molecule has 0 radical (unpaired) electrons. The van der Waals surface area contributed by atoms with Gasteiger partial charge < -0.3 is 5.32 Å². The number of rotatable bonds is 5. The first-order chi connectivity index (χ1) is 10.3. The molecule has 3 rings (SSSR count). The van der Waals surface area contributed by atoms with E-state index in [1.54, 1.807) is 0 Å². The van der Waals surface area contributed by atoms with E-state index in [4.69, 9.17) is 0 Å². The second-order valence-electron chi connectivity index (χ2n) is 5.96. The fourth-order valence-corrected chi connectivity index (χ4v) is 2.98. The van der Waals surface area contributed by atoms with Crippen LogP contribution in [0.4, 0.5) is 5.69 Å². The highest BCUT2D eigenvalue weighted by Crippen LogP contribution is 2.20. The Morgan fingerprint density at radius 1 is 0.952 bits per heavy atom. The van der Waals surface area contributed by atoms with Gasteiger partial charge in [0.1, 0.15) is 0 Å². The summed E-state index contributed by atoms with van der Waals surface area (Å²) in [6.45, 7) is 5.80. The molecule has 2 aromatic rings. The third kappa shape index (κ3) is 3.85. The average molecular weight is 280 g/mol. The molecule has 1 atom stereocenters. The zero-order valence-corrected chi connectivity index (χ0v) is 12.8. The number of nitrogens with zero attached hydrogens (tertiary/aromatic N) is 1. The van der Waals surface area contributed by atoms with Crippen molar-refractivity contribution in [2.24, 2.45) is 0 Å². The summed E-state index contributed by atoms with van der Waals surface area (Å²) in [5.74, 6) is 0. The summed E-state index contributed by atoms with van der Waals surface area (Å²) in [5.41, 5.74) is 3.92. The molecule has 1 unspecified atom stereocenters. The van der Waals surface area contributed by atoms with Crippen LogP contribution in [-0.4, -0.2) is 18.0 Å². The maximum absolute atomic E-state index is 3.57. The van der Waals surface area contributed by atoms with Gasteiger partial charge >= 0.3 is 0 Å². The van der Waals surface area contributed by atoms with Crippen molar-refractivity contribution in [3.05, 3.63) is 65.7 Å². The Hall–Kier alpha value is -1.80. The summed E-state index contributed by atoms with van der Waals surface area (Å²) in [6, 6.07) is 19.8. The molecule has 1 fully saturated rings. The van der Waals surface area contributed by atoms with E-state index in [9.17, 15) is 0 Å². The zero-order chi connectivity index (χ0) is 14.5. The van der Waals surface area contributed by atoms with E-state index >= 15 is 0 Å². The highest BCUT2D eigenvalue weighted by Gasteiger charge is 2.11. The fourth-order valence-electron chi connectivity index (χ4n) is 2.98. The maximum atomic E-state index is 3.57. The lowest BCUT2D eigenvalue weighted by molar-refractivity contribution is 0.331. The first kappa shape index (κ1) is 14.2. The van der Waals surface area contributed by atoms with E-state index in [0.29, 0.717) is 6.04 Å². The Kier molecular flexibility index (Phi) is 4.56. The average Bonchev–Trinajstić information content (AvgIpc) is 3.03. The monoisotopic (exact) mass is 280 g/mol.